The van der Waals surface area contributed by atoms with Gasteiger partial charge in [0.2, 0.25) is 0 Å². The lowest BCUT2D eigenvalue weighted by Crippen LogP contribution is -2.10. The van der Waals surface area contributed by atoms with Crippen molar-refractivity contribution in [2.75, 3.05) is 0 Å². The summed E-state index contributed by atoms with van der Waals surface area (Å²) in [6.07, 6.45) is -2.90. The van der Waals surface area contributed by atoms with E-state index in [-0.39, 0.29) is 22.3 Å². The van der Waals surface area contributed by atoms with E-state index < -0.39 is 131 Å². The van der Waals surface area contributed by atoms with Crippen molar-refractivity contribution in [1.29, 1.82) is 0 Å². The minimum absolute atomic E-state index is 0.369. The zero-order chi connectivity index (χ0) is 35.7. The van der Waals surface area contributed by atoms with Crippen molar-refractivity contribution in [3.05, 3.63) is 93.0 Å². The molecule has 1 aliphatic rings. The monoisotopic (exact) mass is 743 g/mol. The molecule has 0 aromatic heterocycles. The van der Waals surface area contributed by atoms with Gasteiger partial charge in [-0.1, -0.05) is 0 Å². The summed E-state index contributed by atoms with van der Waals surface area (Å²) in [6, 6.07) is 6.02. The highest BCUT2D eigenvalue weighted by Gasteiger charge is 2.25. The predicted octanol–water partition coefficient (Wildman–Crippen LogP) is 1.54. The highest BCUT2D eigenvalue weighted by molar-refractivity contribution is 7.86. The molecule has 256 valence electrons. The van der Waals surface area contributed by atoms with E-state index in [2.05, 4.69) is 0 Å². The van der Waals surface area contributed by atoms with E-state index in [1.54, 1.807) is 0 Å². The maximum absolute atomic E-state index is 13.6. The van der Waals surface area contributed by atoms with Crippen LogP contribution in [0.4, 0.5) is 0 Å². The van der Waals surface area contributed by atoms with Crippen LogP contribution < -0.4 is 5.11 Å². The van der Waals surface area contributed by atoms with Crippen molar-refractivity contribution in [2.24, 2.45) is 0 Å². The number of phenols is 3. The van der Waals surface area contributed by atoms with Crippen LogP contribution in [0, 0.1) is 0 Å². The van der Waals surface area contributed by atoms with E-state index in [1.165, 1.54) is 0 Å². The molecule has 0 heterocycles. The third-order valence-corrected chi connectivity index (χ3v) is 11.0. The Labute approximate surface area is 273 Å². The number of phenolic OH excluding ortho intramolecular Hbond substituents is 3. The van der Waals surface area contributed by atoms with E-state index in [0.29, 0.717) is 0 Å². The summed E-state index contributed by atoms with van der Waals surface area (Å²) in [5.41, 5.74) is -3.22. The molecule has 0 atom stereocenters. The SMILES string of the molecule is O=S(=O)(O)c1cc2c([O-])c(c1)Cc1cc(S(=O)(=O)O)cc(c1O)Cc1cc(S(=O)(=O)O)cc(c1O)Cc1cc(S(=O)(=O)O)cc(c1O)C2. The maximum Gasteiger partial charge on any atom is 0.294 e. The largest absolute Gasteiger partial charge is 0.872 e. The number of hydrogen-bond donors (Lipinski definition) is 7. The lowest BCUT2D eigenvalue weighted by atomic mass is 9.91. The first kappa shape index (κ1) is 35.0. The molecule has 0 radical (unpaired) electrons. The average Bonchev–Trinajstić information content (AvgIpc) is 2.93. The van der Waals surface area contributed by atoms with Gasteiger partial charge in [-0.2, -0.15) is 33.7 Å². The van der Waals surface area contributed by atoms with Gasteiger partial charge >= 0.3 is 0 Å². The fourth-order valence-corrected chi connectivity index (χ4v) is 7.72. The van der Waals surface area contributed by atoms with E-state index >= 15 is 0 Å². The molecule has 0 saturated carbocycles. The average molecular weight is 744 g/mol. The van der Waals surface area contributed by atoms with E-state index in [9.17, 15) is 72.3 Å². The van der Waals surface area contributed by atoms with Crippen LogP contribution in [-0.4, -0.2) is 67.2 Å². The molecule has 4 aromatic rings. The topological polar surface area (TPSA) is 301 Å². The van der Waals surface area contributed by atoms with E-state index in [0.717, 1.165) is 48.5 Å². The van der Waals surface area contributed by atoms with Gasteiger partial charge in [-0.3, -0.25) is 18.2 Å². The minimum atomic E-state index is -5.04. The molecule has 1 aliphatic carbocycles. The highest BCUT2D eigenvalue weighted by Crippen LogP contribution is 2.40. The van der Waals surface area contributed by atoms with Gasteiger partial charge in [-0.05, 0) is 70.8 Å². The summed E-state index contributed by atoms with van der Waals surface area (Å²) >= 11 is 0. The third-order valence-electron chi connectivity index (χ3n) is 7.66. The van der Waals surface area contributed by atoms with Crippen molar-refractivity contribution in [1.82, 2.24) is 0 Å². The number of aromatic hydroxyl groups is 3. The molecular weight excluding hydrogens is 721 g/mol. The third kappa shape index (κ3) is 6.96. The first-order valence-corrected chi connectivity index (χ1v) is 19.0. The lowest BCUT2D eigenvalue weighted by Gasteiger charge is -2.23. The first-order chi connectivity index (χ1) is 21.9. The van der Waals surface area contributed by atoms with Crippen molar-refractivity contribution < 1.29 is 72.3 Å². The number of fused-ring (bicyclic) bond motifs is 8. The molecule has 0 amide bonds. The maximum atomic E-state index is 13.6. The van der Waals surface area contributed by atoms with Gasteiger partial charge in [0.05, 0.1) is 19.6 Å². The Morgan fingerprint density at radius 3 is 0.729 bits per heavy atom. The van der Waals surface area contributed by atoms with Crippen LogP contribution in [0.2, 0.25) is 0 Å². The van der Waals surface area contributed by atoms with Crippen LogP contribution >= 0.6 is 0 Å². The van der Waals surface area contributed by atoms with Gasteiger partial charge < -0.3 is 20.4 Å². The van der Waals surface area contributed by atoms with Crippen LogP contribution in [0.25, 0.3) is 0 Å². The van der Waals surface area contributed by atoms with Crippen LogP contribution in [0.15, 0.2) is 68.1 Å². The summed E-state index contributed by atoms with van der Waals surface area (Å²) in [6.45, 7) is 0. The molecule has 5 rings (SSSR count). The summed E-state index contributed by atoms with van der Waals surface area (Å²) in [7, 11) is -20.1. The van der Waals surface area contributed by atoms with Gasteiger partial charge in [-0.15, -0.1) is 5.75 Å². The van der Waals surface area contributed by atoms with Crippen LogP contribution in [-0.2, 0) is 66.2 Å². The Balaban J connectivity index is 1.93. The molecule has 20 heteroatoms. The molecule has 0 spiro atoms. The van der Waals surface area contributed by atoms with Gasteiger partial charge in [0.15, 0.2) is 0 Å². The first-order valence-electron chi connectivity index (χ1n) is 13.2. The zero-order valence-electron chi connectivity index (χ0n) is 23.9. The van der Waals surface area contributed by atoms with Crippen LogP contribution in [0.1, 0.15) is 44.5 Å². The summed E-state index contributed by atoms with van der Waals surface area (Å²) in [5.74, 6) is -3.12. The van der Waals surface area contributed by atoms with Crippen molar-refractivity contribution in [3.8, 4) is 23.0 Å². The summed E-state index contributed by atoms with van der Waals surface area (Å²) < 4.78 is 137. The Bertz CT molecular complexity index is 2040. The minimum Gasteiger partial charge on any atom is -0.872 e. The number of benzene rings is 4. The smallest absolute Gasteiger partial charge is 0.294 e. The molecule has 4 aromatic carbocycles. The molecule has 0 fully saturated rings. The van der Waals surface area contributed by atoms with Crippen LogP contribution in [0.5, 0.6) is 23.0 Å². The molecular formula is C28H23O16S4-. The Morgan fingerprint density at radius 1 is 0.375 bits per heavy atom. The fourth-order valence-electron chi connectivity index (χ4n) is 5.39. The van der Waals surface area contributed by atoms with Gasteiger partial charge in [0, 0.05) is 47.9 Å². The summed E-state index contributed by atoms with van der Waals surface area (Å²) in [5, 5.41) is 47.2. The second kappa shape index (κ2) is 11.7. The number of rotatable bonds is 4. The molecule has 0 aliphatic heterocycles. The zero-order valence-corrected chi connectivity index (χ0v) is 27.2. The molecule has 16 nitrogen and oxygen atoms in total. The standard InChI is InChI=1S/C28H24O16S4/c29-25-13-1-14-6-22(46(36,37)38)8-16(26(14)30)3-18-10-24(48(42,43)44)12-20(28(18)32)4-19-11-23(47(39,40)41)9-17(27(19)31)2-15(25)7-21(5-13)45(33,34)35/h5-12,29-32H,1-4H2,(H,33,34,35)(H,36,37,38)(H,39,40,41)(H,42,43,44)/p-1. The van der Waals surface area contributed by atoms with Crippen molar-refractivity contribution in [3.63, 3.8) is 0 Å². The molecule has 0 unspecified atom stereocenters. The van der Waals surface area contributed by atoms with Gasteiger partial charge in [0.1, 0.15) is 17.2 Å². The quantitative estimate of drug-likeness (QED) is 0.128. The van der Waals surface area contributed by atoms with E-state index in [1.807, 2.05) is 0 Å². The summed E-state index contributed by atoms with van der Waals surface area (Å²) in [4.78, 5) is -3.31. The highest BCUT2D eigenvalue weighted by atomic mass is 32.2. The Morgan fingerprint density at radius 2 is 0.542 bits per heavy atom. The van der Waals surface area contributed by atoms with E-state index in [4.69, 9.17) is 0 Å². The van der Waals surface area contributed by atoms with Crippen molar-refractivity contribution in [2.45, 2.75) is 45.3 Å². The predicted molar refractivity (Wildman–Crippen MR) is 161 cm³/mol. The molecule has 48 heavy (non-hydrogen) atoms. The van der Waals surface area contributed by atoms with Crippen LogP contribution in [0.3, 0.4) is 0 Å². The Kier molecular flexibility index (Phi) is 8.54. The molecule has 7 N–H and O–H groups in total. The molecule has 0 saturated heterocycles. The van der Waals surface area contributed by atoms with Crippen molar-refractivity contribution >= 4 is 40.5 Å². The Hall–Kier alpha value is -4.28. The normalized spacial score (nSPS) is 14.1. The van der Waals surface area contributed by atoms with Gasteiger partial charge in [-0.25, -0.2) is 0 Å². The lowest BCUT2D eigenvalue weighted by molar-refractivity contribution is -0.270. The number of hydrogen-bond acceptors (Lipinski definition) is 12. The van der Waals surface area contributed by atoms with Gasteiger partial charge in [0.25, 0.3) is 40.5 Å². The molecule has 8 bridgehead atoms. The fraction of sp³-hybridized carbons (Fsp3) is 0.143. The second-order valence-corrected chi connectivity index (χ2v) is 16.6. The second-order valence-electron chi connectivity index (χ2n) is 10.9.